The van der Waals surface area contributed by atoms with Crippen LogP contribution >= 0.6 is 0 Å². The van der Waals surface area contributed by atoms with Gasteiger partial charge < -0.3 is 4.74 Å². The van der Waals surface area contributed by atoms with Gasteiger partial charge in [0.05, 0.1) is 11.5 Å². The molecular formula is C15H26N2O4. The van der Waals surface area contributed by atoms with Crippen LogP contribution in [-0.2, 0) is 4.74 Å². The summed E-state index contributed by atoms with van der Waals surface area (Å²) in [6.07, 6.45) is 6.74. The lowest BCUT2D eigenvalue weighted by atomic mass is 10.0. The molecule has 6 heteroatoms. The first kappa shape index (κ1) is 17.5. The van der Waals surface area contributed by atoms with E-state index in [-0.39, 0.29) is 17.6 Å². The fraction of sp³-hybridized carbons (Fsp3) is 0.800. The third kappa shape index (κ3) is 3.74. The van der Waals surface area contributed by atoms with Crippen LogP contribution in [-0.4, -0.2) is 34.2 Å². The highest BCUT2D eigenvalue weighted by Gasteiger charge is 2.75. The molecule has 1 amide bonds. The fourth-order valence-corrected chi connectivity index (χ4v) is 2.89. The van der Waals surface area contributed by atoms with Crippen molar-refractivity contribution in [2.75, 3.05) is 6.61 Å². The molecule has 0 aromatic rings. The molecule has 0 N–H and O–H groups in total. The number of allylic oxidation sites excluding steroid dienone is 1. The lowest BCUT2D eigenvalue weighted by Crippen LogP contribution is -2.32. The second kappa shape index (κ2) is 8.00. The normalized spacial score (nSPS) is 23.7. The summed E-state index contributed by atoms with van der Waals surface area (Å²) in [7, 11) is 0. The Morgan fingerprint density at radius 2 is 2.14 bits per heavy atom. The first-order valence-electron chi connectivity index (χ1n) is 7.77. The van der Waals surface area contributed by atoms with Crippen LogP contribution in [0.25, 0.3) is 0 Å². The molecule has 0 saturated carbocycles. The molecule has 0 aromatic heterocycles. The van der Waals surface area contributed by atoms with Crippen LogP contribution in [0, 0.1) is 10.1 Å². The summed E-state index contributed by atoms with van der Waals surface area (Å²) in [5.74, 6) is 0. The molecule has 0 radical (unpaired) electrons. The van der Waals surface area contributed by atoms with Gasteiger partial charge in [0.15, 0.2) is 0 Å². The Morgan fingerprint density at radius 1 is 1.43 bits per heavy atom. The van der Waals surface area contributed by atoms with Crippen molar-refractivity contribution >= 4 is 6.09 Å². The predicted octanol–water partition coefficient (Wildman–Crippen LogP) is 3.74. The highest BCUT2D eigenvalue weighted by atomic mass is 16.6. The second-order valence-corrected chi connectivity index (χ2v) is 5.40. The topological polar surface area (TPSA) is 72.5 Å². The van der Waals surface area contributed by atoms with Gasteiger partial charge in [-0.1, -0.05) is 38.7 Å². The van der Waals surface area contributed by atoms with Crippen molar-refractivity contribution in [1.29, 1.82) is 0 Å². The summed E-state index contributed by atoms with van der Waals surface area (Å²) in [4.78, 5) is 24.5. The molecule has 1 heterocycles. The number of carbonyl (C=O) groups excluding carboxylic acids is 1. The van der Waals surface area contributed by atoms with E-state index in [9.17, 15) is 14.9 Å². The molecule has 0 bridgehead atoms. The van der Waals surface area contributed by atoms with E-state index in [2.05, 4.69) is 13.5 Å². The lowest BCUT2D eigenvalue weighted by Gasteiger charge is -2.08. The Hall–Kier alpha value is -1.59. The van der Waals surface area contributed by atoms with E-state index >= 15 is 0 Å². The van der Waals surface area contributed by atoms with Crippen molar-refractivity contribution in [2.45, 2.75) is 70.5 Å². The van der Waals surface area contributed by atoms with Gasteiger partial charge in [0.1, 0.15) is 6.04 Å². The van der Waals surface area contributed by atoms with E-state index in [0.29, 0.717) is 19.3 Å². The van der Waals surface area contributed by atoms with Crippen LogP contribution < -0.4 is 0 Å². The standard InChI is InChI=1S/C15H26N2O4/c1-4-7-9-10-11-13-15(17(19)20,12-8-5-2)16(13)14(18)21-6-3/h5,13H,2,4,6-12H2,1,3H3/t13-,15+,16?/m0/s1. The molecule has 1 rings (SSSR count). The lowest BCUT2D eigenvalue weighted by molar-refractivity contribution is -0.551. The average Bonchev–Trinajstić information content (AvgIpc) is 3.11. The monoisotopic (exact) mass is 298 g/mol. The van der Waals surface area contributed by atoms with Crippen molar-refractivity contribution in [2.24, 2.45) is 0 Å². The Bertz CT molecular complexity index is 386. The zero-order chi connectivity index (χ0) is 15.9. The van der Waals surface area contributed by atoms with E-state index in [4.69, 9.17) is 4.74 Å². The number of carbonyl (C=O) groups is 1. The molecule has 0 aromatic carbocycles. The minimum absolute atomic E-state index is 0.229. The SMILES string of the molecule is C=CCC[C@@]1([N+](=O)[O-])[C@H](CCCCCC)N1C(=O)OCC. The summed E-state index contributed by atoms with van der Waals surface area (Å²) in [6, 6.07) is -0.344. The van der Waals surface area contributed by atoms with Gasteiger partial charge in [0.25, 0.3) is 0 Å². The van der Waals surface area contributed by atoms with Crippen molar-refractivity contribution in [3.8, 4) is 0 Å². The van der Waals surface area contributed by atoms with E-state index in [1.807, 2.05) is 0 Å². The number of ether oxygens (including phenoxy) is 1. The number of amides is 1. The summed E-state index contributed by atoms with van der Waals surface area (Å²) >= 11 is 0. The van der Waals surface area contributed by atoms with Crippen molar-refractivity contribution in [1.82, 2.24) is 4.90 Å². The molecule has 2 atom stereocenters. The predicted molar refractivity (Wildman–Crippen MR) is 80.6 cm³/mol. The molecule has 6 nitrogen and oxygen atoms in total. The second-order valence-electron chi connectivity index (χ2n) is 5.40. The van der Waals surface area contributed by atoms with Crippen LogP contribution in [0.3, 0.4) is 0 Å². The molecular weight excluding hydrogens is 272 g/mol. The molecule has 1 saturated heterocycles. The first-order valence-corrected chi connectivity index (χ1v) is 7.77. The largest absolute Gasteiger partial charge is 0.450 e. The van der Waals surface area contributed by atoms with E-state index in [1.54, 1.807) is 13.0 Å². The van der Waals surface area contributed by atoms with Crippen molar-refractivity contribution in [3.63, 3.8) is 0 Å². The number of rotatable bonds is 10. The minimum Gasteiger partial charge on any atom is -0.450 e. The van der Waals surface area contributed by atoms with E-state index in [1.165, 1.54) is 4.90 Å². The fourth-order valence-electron chi connectivity index (χ4n) is 2.89. The molecule has 0 spiro atoms. The van der Waals surface area contributed by atoms with Crippen LogP contribution in [0.2, 0.25) is 0 Å². The van der Waals surface area contributed by atoms with Gasteiger partial charge in [-0.15, -0.1) is 6.58 Å². The quantitative estimate of drug-likeness (QED) is 0.202. The Labute approximate surface area is 126 Å². The zero-order valence-corrected chi connectivity index (χ0v) is 13.0. The maximum atomic E-state index is 12.0. The van der Waals surface area contributed by atoms with Crippen LogP contribution in [0.1, 0.15) is 58.8 Å². The summed E-state index contributed by atoms with van der Waals surface area (Å²) in [5.41, 5.74) is -1.29. The highest BCUT2D eigenvalue weighted by Crippen LogP contribution is 2.48. The molecule has 0 aliphatic carbocycles. The number of hydrogen-bond acceptors (Lipinski definition) is 4. The average molecular weight is 298 g/mol. The van der Waals surface area contributed by atoms with Crippen LogP contribution in [0.5, 0.6) is 0 Å². The number of nitrogens with zero attached hydrogens (tertiary/aromatic N) is 2. The summed E-state index contributed by atoms with van der Waals surface area (Å²) < 4.78 is 4.97. The van der Waals surface area contributed by atoms with Gasteiger partial charge in [0.2, 0.25) is 0 Å². The smallest absolute Gasteiger partial charge is 0.415 e. The third-order valence-electron chi connectivity index (χ3n) is 4.02. The van der Waals surface area contributed by atoms with Crippen LogP contribution in [0.15, 0.2) is 12.7 Å². The summed E-state index contributed by atoms with van der Waals surface area (Å²) in [6.45, 7) is 7.66. The Kier molecular flexibility index (Phi) is 6.65. The summed E-state index contributed by atoms with van der Waals surface area (Å²) in [5, 5.41) is 11.5. The van der Waals surface area contributed by atoms with Crippen LogP contribution in [0.4, 0.5) is 4.79 Å². The first-order chi connectivity index (χ1) is 10.1. The van der Waals surface area contributed by atoms with E-state index in [0.717, 1.165) is 25.7 Å². The number of nitro groups is 1. The molecule has 120 valence electrons. The minimum atomic E-state index is -1.29. The maximum Gasteiger partial charge on any atom is 0.415 e. The molecule has 21 heavy (non-hydrogen) atoms. The van der Waals surface area contributed by atoms with Gasteiger partial charge >= 0.3 is 11.8 Å². The van der Waals surface area contributed by atoms with Gasteiger partial charge in [-0.25, -0.2) is 9.69 Å². The van der Waals surface area contributed by atoms with Crippen molar-refractivity contribution in [3.05, 3.63) is 22.8 Å². The molecule has 1 aliphatic rings. The van der Waals surface area contributed by atoms with Crippen molar-refractivity contribution < 1.29 is 14.5 Å². The molecule has 1 aliphatic heterocycles. The maximum absolute atomic E-state index is 12.0. The molecule has 0 unspecified atom stereocenters. The number of unbranched alkanes of at least 4 members (excludes halogenated alkanes) is 3. The zero-order valence-electron chi connectivity index (χ0n) is 13.0. The third-order valence-corrected chi connectivity index (χ3v) is 4.02. The Morgan fingerprint density at radius 3 is 2.67 bits per heavy atom. The highest BCUT2D eigenvalue weighted by molar-refractivity contribution is 5.73. The Balaban J connectivity index is 2.76. The molecule has 1 fully saturated rings. The van der Waals surface area contributed by atoms with Gasteiger partial charge in [-0.3, -0.25) is 10.1 Å². The van der Waals surface area contributed by atoms with E-state index < -0.39 is 11.8 Å². The van der Waals surface area contributed by atoms with Gasteiger partial charge in [-0.05, 0) is 19.8 Å². The number of hydrogen-bond donors (Lipinski definition) is 0. The van der Waals surface area contributed by atoms with Gasteiger partial charge in [0, 0.05) is 6.42 Å². The van der Waals surface area contributed by atoms with Gasteiger partial charge in [-0.2, -0.15) is 0 Å².